The number of hydrogen-bond acceptors (Lipinski definition) is 6. The van der Waals surface area contributed by atoms with E-state index in [1.165, 1.54) is 12.7 Å². The molecule has 2 rings (SSSR count). The van der Waals surface area contributed by atoms with Crippen LogP contribution in [-0.4, -0.2) is 43.4 Å². The number of nitrogens with zero attached hydrogens (tertiary/aromatic N) is 2. The highest BCUT2D eigenvalue weighted by Crippen LogP contribution is 2.28. The third-order valence-electron chi connectivity index (χ3n) is 3.03. The first-order valence-electron chi connectivity index (χ1n) is 6.27. The van der Waals surface area contributed by atoms with Crippen molar-refractivity contribution >= 4 is 11.6 Å². The van der Waals surface area contributed by atoms with E-state index in [0.717, 1.165) is 31.8 Å². The highest BCUT2D eigenvalue weighted by molar-refractivity contribution is 5.63. The van der Waals surface area contributed by atoms with Gasteiger partial charge in [0.1, 0.15) is 6.33 Å². The van der Waals surface area contributed by atoms with E-state index < -0.39 is 0 Å². The van der Waals surface area contributed by atoms with Gasteiger partial charge in [0.25, 0.3) is 0 Å². The second kappa shape index (κ2) is 6.39. The molecule has 1 saturated heterocycles. The Hall–Kier alpha value is -1.56. The van der Waals surface area contributed by atoms with E-state index in [9.17, 15) is 0 Å². The van der Waals surface area contributed by atoms with Crippen molar-refractivity contribution in [3.8, 4) is 5.75 Å². The molecule has 0 aliphatic carbocycles. The lowest BCUT2D eigenvalue weighted by atomic mass is 10.2. The molecule has 0 bridgehead atoms. The predicted molar refractivity (Wildman–Crippen MR) is 70.2 cm³/mol. The Morgan fingerprint density at radius 3 is 2.94 bits per heavy atom. The number of rotatable bonds is 6. The van der Waals surface area contributed by atoms with Crippen LogP contribution in [0.15, 0.2) is 6.33 Å². The van der Waals surface area contributed by atoms with Crippen LogP contribution in [0.2, 0.25) is 0 Å². The lowest BCUT2D eigenvalue weighted by Crippen LogP contribution is -2.14. The fourth-order valence-electron chi connectivity index (χ4n) is 2.09. The standard InChI is InChI=1S/C12H20N4O2/c1-13-11-10(17-2)12(16-8-15-11)14-6-5-9-4-3-7-18-9/h8-9H,3-7H2,1-2H3,(H2,13,14,15,16). The van der Waals surface area contributed by atoms with E-state index in [1.54, 1.807) is 14.2 Å². The largest absolute Gasteiger partial charge is 0.490 e. The van der Waals surface area contributed by atoms with Crippen LogP contribution in [0.25, 0.3) is 0 Å². The van der Waals surface area contributed by atoms with Crippen molar-refractivity contribution in [1.29, 1.82) is 0 Å². The zero-order valence-electron chi connectivity index (χ0n) is 10.9. The SMILES string of the molecule is CNc1ncnc(NCCC2CCCO2)c1OC. The molecule has 2 N–H and O–H groups in total. The van der Waals surface area contributed by atoms with Crippen LogP contribution < -0.4 is 15.4 Å². The fourth-order valence-corrected chi connectivity index (χ4v) is 2.09. The Balaban J connectivity index is 1.91. The van der Waals surface area contributed by atoms with Crippen LogP contribution in [0.1, 0.15) is 19.3 Å². The second-order valence-electron chi connectivity index (χ2n) is 4.20. The van der Waals surface area contributed by atoms with Crippen molar-refractivity contribution < 1.29 is 9.47 Å². The van der Waals surface area contributed by atoms with Gasteiger partial charge in [0.2, 0.25) is 5.75 Å². The molecule has 0 saturated carbocycles. The predicted octanol–water partition coefficient (Wildman–Crippen LogP) is 1.51. The highest BCUT2D eigenvalue weighted by atomic mass is 16.5. The third-order valence-corrected chi connectivity index (χ3v) is 3.03. The van der Waals surface area contributed by atoms with E-state index >= 15 is 0 Å². The molecular weight excluding hydrogens is 232 g/mol. The van der Waals surface area contributed by atoms with Crippen LogP contribution in [-0.2, 0) is 4.74 Å². The molecule has 1 aromatic heterocycles. The van der Waals surface area contributed by atoms with Crippen LogP contribution >= 0.6 is 0 Å². The van der Waals surface area contributed by atoms with E-state index in [-0.39, 0.29) is 0 Å². The molecule has 1 aromatic rings. The molecule has 0 spiro atoms. The average Bonchev–Trinajstić information content (AvgIpc) is 2.91. The first-order valence-corrected chi connectivity index (χ1v) is 6.27. The monoisotopic (exact) mass is 252 g/mol. The molecule has 1 unspecified atom stereocenters. The summed E-state index contributed by atoms with van der Waals surface area (Å²) in [7, 11) is 3.42. The molecule has 18 heavy (non-hydrogen) atoms. The molecule has 0 amide bonds. The summed E-state index contributed by atoms with van der Waals surface area (Å²) in [5.41, 5.74) is 0. The van der Waals surface area contributed by atoms with Gasteiger partial charge >= 0.3 is 0 Å². The molecule has 1 fully saturated rings. The van der Waals surface area contributed by atoms with Gasteiger partial charge in [-0.05, 0) is 19.3 Å². The van der Waals surface area contributed by atoms with Crippen LogP contribution in [0, 0.1) is 0 Å². The van der Waals surface area contributed by atoms with Crippen LogP contribution in [0.4, 0.5) is 11.6 Å². The van der Waals surface area contributed by atoms with Crippen molar-refractivity contribution in [1.82, 2.24) is 9.97 Å². The Morgan fingerprint density at radius 2 is 2.28 bits per heavy atom. The minimum absolute atomic E-state index is 0.383. The fraction of sp³-hybridized carbons (Fsp3) is 0.667. The molecule has 1 atom stereocenters. The van der Waals surface area contributed by atoms with Gasteiger partial charge < -0.3 is 20.1 Å². The first-order chi connectivity index (χ1) is 8.85. The van der Waals surface area contributed by atoms with Gasteiger partial charge in [0, 0.05) is 20.2 Å². The lowest BCUT2D eigenvalue weighted by Gasteiger charge is -2.14. The zero-order chi connectivity index (χ0) is 12.8. The van der Waals surface area contributed by atoms with E-state index in [4.69, 9.17) is 9.47 Å². The van der Waals surface area contributed by atoms with Crippen LogP contribution in [0.3, 0.4) is 0 Å². The van der Waals surface area contributed by atoms with Crippen molar-refractivity contribution in [3.05, 3.63) is 6.33 Å². The topological polar surface area (TPSA) is 68.3 Å². The maximum absolute atomic E-state index is 5.58. The normalized spacial score (nSPS) is 18.7. The smallest absolute Gasteiger partial charge is 0.204 e. The molecule has 100 valence electrons. The van der Waals surface area contributed by atoms with Crippen molar-refractivity contribution in [2.75, 3.05) is 37.9 Å². The molecule has 0 aromatic carbocycles. The third kappa shape index (κ3) is 3.01. The summed E-state index contributed by atoms with van der Waals surface area (Å²) < 4.78 is 10.9. The summed E-state index contributed by atoms with van der Waals surface area (Å²) in [6.07, 6.45) is 5.22. The number of methoxy groups -OCH3 is 1. The number of anilines is 2. The van der Waals surface area contributed by atoms with E-state index in [0.29, 0.717) is 17.7 Å². The quantitative estimate of drug-likeness (QED) is 0.800. The highest BCUT2D eigenvalue weighted by Gasteiger charge is 2.16. The second-order valence-corrected chi connectivity index (χ2v) is 4.20. The maximum atomic E-state index is 5.58. The Bertz CT molecular complexity index is 380. The van der Waals surface area contributed by atoms with Gasteiger partial charge in [-0.25, -0.2) is 9.97 Å². The Morgan fingerprint density at radius 1 is 1.44 bits per heavy atom. The van der Waals surface area contributed by atoms with Gasteiger partial charge in [-0.3, -0.25) is 0 Å². The summed E-state index contributed by atoms with van der Waals surface area (Å²) in [5, 5.41) is 6.25. The lowest BCUT2D eigenvalue weighted by molar-refractivity contribution is 0.107. The molecule has 6 nitrogen and oxygen atoms in total. The molecule has 6 heteroatoms. The summed E-state index contributed by atoms with van der Waals surface area (Å²) in [6.45, 7) is 1.71. The first kappa shape index (κ1) is 12.9. The summed E-state index contributed by atoms with van der Waals surface area (Å²) in [4.78, 5) is 8.30. The Labute approximate surface area is 107 Å². The van der Waals surface area contributed by atoms with E-state index in [2.05, 4.69) is 20.6 Å². The zero-order valence-corrected chi connectivity index (χ0v) is 10.9. The number of nitrogens with one attached hydrogen (secondary N) is 2. The van der Waals surface area contributed by atoms with Gasteiger partial charge in [0.05, 0.1) is 13.2 Å². The summed E-state index contributed by atoms with van der Waals surface area (Å²) >= 11 is 0. The molecule has 2 heterocycles. The molecule has 1 aliphatic rings. The van der Waals surface area contributed by atoms with Crippen molar-refractivity contribution in [2.45, 2.75) is 25.4 Å². The molecule has 1 aliphatic heterocycles. The van der Waals surface area contributed by atoms with Crippen molar-refractivity contribution in [3.63, 3.8) is 0 Å². The number of aromatic nitrogens is 2. The minimum atomic E-state index is 0.383. The summed E-state index contributed by atoms with van der Waals surface area (Å²) in [5.74, 6) is 2.05. The summed E-state index contributed by atoms with van der Waals surface area (Å²) in [6, 6.07) is 0. The Kier molecular flexibility index (Phi) is 4.58. The van der Waals surface area contributed by atoms with Gasteiger partial charge in [-0.2, -0.15) is 0 Å². The molecular formula is C12H20N4O2. The van der Waals surface area contributed by atoms with Crippen molar-refractivity contribution in [2.24, 2.45) is 0 Å². The van der Waals surface area contributed by atoms with Gasteiger partial charge in [0.15, 0.2) is 11.6 Å². The van der Waals surface area contributed by atoms with Gasteiger partial charge in [-0.1, -0.05) is 0 Å². The van der Waals surface area contributed by atoms with Crippen LogP contribution in [0.5, 0.6) is 5.75 Å². The number of ether oxygens (including phenoxy) is 2. The average molecular weight is 252 g/mol. The maximum Gasteiger partial charge on any atom is 0.204 e. The number of hydrogen-bond donors (Lipinski definition) is 2. The van der Waals surface area contributed by atoms with Gasteiger partial charge in [-0.15, -0.1) is 0 Å². The molecule has 0 radical (unpaired) electrons. The minimum Gasteiger partial charge on any atom is -0.490 e. The van der Waals surface area contributed by atoms with E-state index in [1.807, 2.05) is 0 Å².